The van der Waals surface area contributed by atoms with Crippen molar-refractivity contribution < 1.29 is 22.7 Å². The molecule has 0 saturated heterocycles. The number of hydrogen-bond donors (Lipinski definition) is 1. The van der Waals surface area contributed by atoms with Crippen molar-refractivity contribution in [2.24, 2.45) is 0 Å². The average Bonchev–Trinajstić information content (AvgIpc) is 2.20. The summed E-state index contributed by atoms with van der Waals surface area (Å²) in [6.07, 6.45) is -1.03. The Morgan fingerprint density at radius 1 is 1.28 bits per heavy atom. The van der Waals surface area contributed by atoms with Gasteiger partial charge in [0, 0.05) is 6.07 Å². The summed E-state index contributed by atoms with van der Waals surface area (Å²) >= 11 is 5.16. The number of nitrogens with one attached hydrogen (secondary N) is 1. The van der Waals surface area contributed by atoms with E-state index in [1.54, 1.807) is 20.8 Å². The minimum atomic E-state index is -1.57. The third kappa shape index (κ3) is 3.53. The van der Waals surface area contributed by atoms with Crippen LogP contribution in [0.4, 0.5) is 23.7 Å². The van der Waals surface area contributed by atoms with Crippen molar-refractivity contribution in [3.05, 3.63) is 28.5 Å². The molecule has 0 saturated carbocycles. The van der Waals surface area contributed by atoms with E-state index < -0.39 is 39.9 Å². The van der Waals surface area contributed by atoms with E-state index in [0.29, 0.717) is 6.07 Å². The first-order valence-corrected chi connectivity index (χ1v) is 5.32. The quantitative estimate of drug-likeness (QED) is 0.621. The highest BCUT2D eigenvalue weighted by Gasteiger charge is 2.21. The number of carbonyl (C=O) groups excluding carboxylic acids is 1. The number of carbonyl (C=O) groups is 1. The van der Waals surface area contributed by atoms with Crippen LogP contribution < -0.4 is 5.32 Å². The van der Waals surface area contributed by atoms with E-state index in [1.807, 2.05) is 5.32 Å². The van der Waals surface area contributed by atoms with E-state index in [1.165, 1.54) is 0 Å². The topological polar surface area (TPSA) is 38.3 Å². The largest absolute Gasteiger partial charge is 0.444 e. The van der Waals surface area contributed by atoms with Crippen LogP contribution in [0.25, 0.3) is 0 Å². The zero-order valence-corrected chi connectivity index (χ0v) is 10.7. The van der Waals surface area contributed by atoms with Gasteiger partial charge in [0.05, 0.1) is 5.69 Å². The summed E-state index contributed by atoms with van der Waals surface area (Å²) in [4.78, 5) is 11.3. The van der Waals surface area contributed by atoms with Gasteiger partial charge in [-0.1, -0.05) is 11.6 Å². The first-order chi connectivity index (χ1) is 8.11. The Morgan fingerprint density at radius 2 is 1.83 bits per heavy atom. The van der Waals surface area contributed by atoms with Crippen LogP contribution in [0.1, 0.15) is 20.8 Å². The van der Waals surface area contributed by atoms with Gasteiger partial charge in [-0.3, -0.25) is 5.32 Å². The fourth-order valence-electron chi connectivity index (χ4n) is 1.08. The number of anilines is 1. The number of benzene rings is 1. The minimum absolute atomic E-state index is 0.574. The fourth-order valence-corrected chi connectivity index (χ4v) is 1.21. The average molecular weight is 282 g/mol. The van der Waals surface area contributed by atoms with Gasteiger partial charge >= 0.3 is 6.09 Å². The highest BCUT2D eigenvalue weighted by Crippen LogP contribution is 2.27. The monoisotopic (exact) mass is 281 g/mol. The van der Waals surface area contributed by atoms with Crippen molar-refractivity contribution in [3.63, 3.8) is 0 Å². The van der Waals surface area contributed by atoms with Crippen LogP contribution in [0, 0.1) is 17.5 Å². The van der Waals surface area contributed by atoms with Crippen LogP contribution in [-0.2, 0) is 4.74 Å². The summed E-state index contributed by atoms with van der Waals surface area (Å²) in [5.41, 5.74) is -1.49. The normalized spacial score (nSPS) is 11.3. The zero-order chi connectivity index (χ0) is 14.1. The highest BCUT2D eigenvalue weighted by molar-refractivity contribution is 6.31. The van der Waals surface area contributed by atoms with Crippen LogP contribution in [0.3, 0.4) is 0 Å². The molecule has 100 valence electrons. The first kappa shape index (κ1) is 14.6. The van der Waals surface area contributed by atoms with Gasteiger partial charge in [-0.2, -0.15) is 0 Å². The molecule has 0 aliphatic carbocycles. The summed E-state index contributed by atoms with van der Waals surface area (Å²) in [6.45, 7) is 4.77. The van der Waals surface area contributed by atoms with Crippen LogP contribution in [-0.4, -0.2) is 11.7 Å². The molecule has 1 aromatic carbocycles. The molecule has 0 atom stereocenters. The highest BCUT2D eigenvalue weighted by atomic mass is 35.5. The smallest absolute Gasteiger partial charge is 0.412 e. The molecule has 0 bridgehead atoms. The number of amides is 1. The van der Waals surface area contributed by atoms with Crippen molar-refractivity contribution in [1.29, 1.82) is 0 Å². The minimum Gasteiger partial charge on any atom is -0.444 e. The van der Waals surface area contributed by atoms with Gasteiger partial charge in [0.1, 0.15) is 16.4 Å². The second-order valence-electron chi connectivity index (χ2n) is 4.47. The van der Waals surface area contributed by atoms with Crippen molar-refractivity contribution >= 4 is 23.4 Å². The van der Waals surface area contributed by atoms with E-state index >= 15 is 0 Å². The van der Waals surface area contributed by atoms with Gasteiger partial charge < -0.3 is 4.74 Å². The predicted octanol–water partition coefficient (Wildman–Crippen LogP) is 4.10. The molecular formula is C11H11ClF3NO2. The van der Waals surface area contributed by atoms with Crippen molar-refractivity contribution in [2.75, 3.05) is 5.32 Å². The molecule has 0 aliphatic rings. The fraction of sp³-hybridized carbons (Fsp3) is 0.364. The lowest BCUT2D eigenvalue weighted by molar-refractivity contribution is 0.0635. The van der Waals surface area contributed by atoms with E-state index in [-0.39, 0.29) is 0 Å². The van der Waals surface area contributed by atoms with Gasteiger partial charge in [-0.25, -0.2) is 18.0 Å². The molecule has 1 rings (SSSR count). The Labute approximate surface area is 107 Å². The predicted molar refractivity (Wildman–Crippen MR) is 61.2 cm³/mol. The number of halogens is 4. The number of ether oxygens (including phenoxy) is 1. The van der Waals surface area contributed by atoms with Gasteiger partial charge in [-0.15, -0.1) is 0 Å². The number of hydrogen-bond acceptors (Lipinski definition) is 2. The molecule has 1 amide bonds. The lowest BCUT2D eigenvalue weighted by Gasteiger charge is -2.19. The maximum absolute atomic E-state index is 13.3. The summed E-state index contributed by atoms with van der Waals surface area (Å²) < 4.78 is 44.3. The third-order valence-corrected chi connectivity index (χ3v) is 2.08. The standard InChI is InChI=1S/C11H11ClF3NO2/c1-11(2,3)18-10(17)16-6-4-5(13)7(12)9(15)8(6)14/h4H,1-3H3,(H,16,17). The van der Waals surface area contributed by atoms with Crippen molar-refractivity contribution in [2.45, 2.75) is 26.4 Å². The molecule has 0 fully saturated rings. The molecule has 0 unspecified atom stereocenters. The molecule has 0 heterocycles. The summed E-state index contributed by atoms with van der Waals surface area (Å²) in [5, 5.41) is 0.931. The Morgan fingerprint density at radius 3 is 2.33 bits per heavy atom. The van der Waals surface area contributed by atoms with Crippen LogP contribution in [0.2, 0.25) is 5.02 Å². The van der Waals surface area contributed by atoms with E-state index in [2.05, 4.69) is 0 Å². The molecule has 1 N–H and O–H groups in total. The Hall–Kier alpha value is -1.43. The molecule has 1 aromatic rings. The molecule has 0 aromatic heterocycles. The molecule has 18 heavy (non-hydrogen) atoms. The second-order valence-corrected chi connectivity index (χ2v) is 4.85. The van der Waals surface area contributed by atoms with Gasteiger partial charge in [-0.05, 0) is 20.8 Å². The molecule has 0 radical (unpaired) electrons. The second kappa shape index (κ2) is 5.06. The van der Waals surface area contributed by atoms with Crippen molar-refractivity contribution in [1.82, 2.24) is 0 Å². The Kier molecular flexibility index (Phi) is 4.11. The van der Waals surface area contributed by atoms with Crippen LogP contribution in [0.15, 0.2) is 6.07 Å². The Balaban J connectivity index is 2.96. The van der Waals surface area contributed by atoms with Crippen LogP contribution >= 0.6 is 11.6 Å². The van der Waals surface area contributed by atoms with E-state index in [9.17, 15) is 18.0 Å². The van der Waals surface area contributed by atoms with Crippen molar-refractivity contribution in [3.8, 4) is 0 Å². The lowest BCUT2D eigenvalue weighted by Crippen LogP contribution is -2.27. The summed E-state index contributed by atoms with van der Waals surface area (Å²) in [7, 11) is 0. The molecular weight excluding hydrogens is 271 g/mol. The van der Waals surface area contributed by atoms with Gasteiger partial charge in [0.15, 0.2) is 11.6 Å². The Bertz CT molecular complexity index is 486. The zero-order valence-electron chi connectivity index (χ0n) is 9.91. The maximum Gasteiger partial charge on any atom is 0.412 e. The first-order valence-electron chi connectivity index (χ1n) is 4.95. The van der Waals surface area contributed by atoms with E-state index in [0.717, 1.165) is 0 Å². The summed E-state index contributed by atoms with van der Waals surface area (Å²) in [5.74, 6) is -4.20. The lowest BCUT2D eigenvalue weighted by atomic mass is 10.2. The maximum atomic E-state index is 13.3. The molecule has 0 aliphatic heterocycles. The number of rotatable bonds is 1. The third-order valence-electron chi connectivity index (χ3n) is 1.74. The van der Waals surface area contributed by atoms with Crippen LogP contribution in [0.5, 0.6) is 0 Å². The molecule has 3 nitrogen and oxygen atoms in total. The van der Waals surface area contributed by atoms with Gasteiger partial charge in [0.25, 0.3) is 0 Å². The SMILES string of the molecule is CC(C)(C)OC(=O)Nc1cc(F)c(Cl)c(F)c1F. The molecule has 0 spiro atoms. The van der Waals surface area contributed by atoms with Gasteiger partial charge in [0.2, 0.25) is 0 Å². The van der Waals surface area contributed by atoms with E-state index in [4.69, 9.17) is 16.3 Å². The summed E-state index contributed by atoms with van der Waals surface area (Å²) in [6, 6.07) is 0.574. The molecule has 7 heteroatoms.